The number of thiophene rings is 1. The van der Waals surface area contributed by atoms with Gasteiger partial charge in [0.1, 0.15) is 0 Å². The standard InChI is InChI=1S/C16H20N4O2S/c1-10(21)19-15-7-6-14(23-15)5-4-11-2-3-12(16(22)20-18)8-13(11)9-17/h2-3,6-8H,4-5,9,17-18H2,1H3,(H,19,21)(H,20,22). The third-order valence-electron chi connectivity index (χ3n) is 3.42. The number of benzene rings is 1. The van der Waals surface area contributed by atoms with E-state index in [2.05, 4.69) is 10.7 Å². The van der Waals surface area contributed by atoms with E-state index in [1.807, 2.05) is 18.2 Å². The summed E-state index contributed by atoms with van der Waals surface area (Å²) in [6.07, 6.45) is 1.66. The largest absolute Gasteiger partial charge is 0.326 e. The highest BCUT2D eigenvalue weighted by molar-refractivity contribution is 7.16. The number of aryl methyl sites for hydroxylation is 2. The molecule has 0 fully saturated rings. The van der Waals surface area contributed by atoms with E-state index in [-0.39, 0.29) is 11.8 Å². The average molecular weight is 332 g/mol. The molecule has 6 N–H and O–H groups in total. The van der Waals surface area contributed by atoms with Crippen LogP contribution in [-0.4, -0.2) is 11.8 Å². The molecular weight excluding hydrogens is 312 g/mol. The van der Waals surface area contributed by atoms with E-state index in [1.54, 1.807) is 23.5 Å². The molecule has 0 atom stereocenters. The van der Waals surface area contributed by atoms with Crippen molar-refractivity contribution in [2.24, 2.45) is 11.6 Å². The Kier molecular flexibility index (Phi) is 5.86. The molecule has 0 bridgehead atoms. The quantitative estimate of drug-likeness (QED) is 0.365. The maximum atomic E-state index is 11.6. The first-order valence-corrected chi connectivity index (χ1v) is 8.04. The molecule has 0 saturated heterocycles. The number of hydrogen-bond donors (Lipinski definition) is 4. The van der Waals surface area contributed by atoms with Gasteiger partial charge in [-0.15, -0.1) is 11.3 Å². The van der Waals surface area contributed by atoms with Gasteiger partial charge in [0, 0.05) is 23.9 Å². The molecule has 2 aromatic rings. The van der Waals surface area contributed by atoms with Crippen molar-refractivity contribution < 1.29 is 9.59 Å². The van der Waals surface area contributed by atoms with E-state index < -0.39 is 0 Å². The van der Waals surface area contributed by atoms with E-state index in [0.29, 0.717) is 12.1 Å². The van der Waals surface area contributed by atoms with E-state index in [9.17, 15) is 9.59 Å². The minimum atomic E-state index is -0.329. The van der Waals surface area contributed by atoms with Crippen LogP contribution in [0.3, 0.4) is 0 Å². The number of nitrogen functional groups attached to an aromatic ring is 1. The third-order valence-corrected chi connectivity index (χ3v) is 4.48. The van der Waals surface area contributed by atoms with Crippen LogP contribution in [0.1, 0.15) is 33.3 Å². The van der Waals surface area contributed by atoms with Gasteiger partial charge in [-0.05, 0) is 48.2 Å². The Labute approximate surface area is 138 Å². The lowest BCUT2D eigenvalue weighted by Gasteiger charge is -2.09. The summed E-state index contributed by atoms with van der Waals surface area (Å²) in [5.74, 6) is 4.74. The number of carbonyl (C=O) groups is 2. The fourth-order valence-corrected chi connectivity index (χ4v) is 3.25. The van der Waals surface area contributed by atoms with Gasteiger partial charge in [-0.25, -0.2) is 5.84 Å². The second-order valence-electron chi connectivity index (χ2n) is 5.11. The van der Waals surface area contributed by atoms with E-state index >= 15 is 0 Å². The summed E-state index contributed by atoms with van der Waals surface area (Å²) >= 11 is 1.56. The molecule has 0 aliphatic rings. The molecule has 0 aliphatic heterocycles. The number of nitrogens with two attached hydrogens (primary N) is 2. The van der Waals surface area contributed by atoms with Crippen molar-refractivity contribution in [2.45, 2.75) is 26.3 Å². The van der Waals surface area contributed by atoms with E-state index in [4.69, 9.17) is 11.6 Å². The first-order valence-electron chi connectivity index (χ1n) is 7.22. The Balaban J connectivity index is 2.06. The van der Waals surface area contributed by atoms with Gasteiger partial charge in [0.05, 0.1) is 5.00 Å². The lowest BCUT2D eigenvalue weighted by atomic mass is 9.99. The predicted octanol–water partition coefficient (Wildman–Crippen LogP) is 1.55. The van der Waals surface area contributed by atoms with Gasteiger partial charge in [0.2, 0.25) is 5.91 Å². The zero-order chi connectivity index (χ0) is 16.8. The summed E-state index contributed by atoms with van der Waals surface area (Å²) in [4.78, 5) is 23.8. The molecule has 0 radical (unpaired) electrons. The van der Waals surface area contributed by atoms with Crippen molar-refractivity contribution in [3.8, 4) is 0 Å². The highest BCUT2D eigenvalue weighted by Gasteiger charge is 2.09. The number of carbonyl (C=O) groups excluding carboxylic acids is 2. The summed E-state index contributed by atoms with van der Waals surface area (Å²) in [6, 6.07) is 9.34. The van der Waals surface area contributed by atoms with Crippen LogP contribution < -0.4 is 22.3 Å². The highest BCUT2D eigenvalue weighted by atomic mass is 32.1. The van der Waals surface area contributed by atoms with Crippen molar-refractivity contribution in [3.05, 3.63) is 51.9 Å². The molecule has 0 unspecified atom stereocenters. The molecule has 23 heavy (non-hydrogen) atoms. The maximum absolute atomic E-state index is 11.6. The molecule has 0 spiro atoms. The Bertz CT molecular complexity index is 712. The molecule has 1 heterocycles. The molecule has 7 heteroatoms. The SMILES string of the molecule is CC(=O)Nc1ccc(CCc2ccc(C(=O)NN)cc2CN)s1. The van der Waals surface area contributed by atoms with Crippen molar-refractivity contribution >= 4 is 28.2 Å². The summed E-state index contributed by atoms with van der Waals surface area (Å²) < 4.78 is 0. The number of nitrogens with one attached hydrogen (secondary N) is 2. The lowest BCUT2D eigenvalue weighted by molar-refractivity contribution is -0.114. The van der Waals surface area contributed by atoms with Crippen molar-refractivity contribution in [2.75, 3.05) is 5.32 Å². The summed E-state index contributed by atoms with van der Waals surface area (Å²) in [5.41, 5.74) is 10.4. The zero-order valence-corrected chi connectivity index (χ0v) is 13.7. The molecule has 1 aromatic heterocycles. The fraction of sp³-hybridized carbons (Fsp3) is 0.250. The summed E-state index contributed by atoms with van der Waals surface area (Å²) in [5, 5.41) is 3.62. The van der Waals surface area contributed by atoms with Crippen LogP contribution in [0, 0.1) is 0 Å². The first-order chi connectivity index (χ1) is 11.0. The molecule has 0 aliphatic carbocycles. The summed E-state index contributed by atoms with van der Waals surface area (Å²) in [7, 11) is 0. The van der Waals surface area contributed by atoms with Crippen molar-refractivity contribution in [3.63, 3.8) is 0 Å². The average Bonchev–Trinajstić information content (AvgIpc) is 2.98. The molecular formula is C16H20N4O2S. The van der Waals surface area contributed by atoms with Crippen LogP contribution in [-0.2, 0) is 24.2 Å². The van der Waals surface area contributed by atoms with Crippen molar-refractivity contribution in [1.82, 2.24) is 5.43 Å². The Morgan fingerprint density at radius 2 is 1.91 bits per heavy atom. The van der Waals surface area contributed by atoms with Gasteiger partial charge in [-0.1, -0.05) is 6.07 Å². The van der Waals surface area contributed by atoms with E-state index in [1.165, 1.54) is 11.8 Å². The van der Waals surface area contributed by atoms with Gasteiger partial charge >= 0.3 is 0 Å². The fourth-order valence-electron chi connectivity index (χ4n) is 2.30. The molecule has 1 aromatic carbocycles. The third kappa shape index (κ3) is 4.62. The van der Waals surface area contributed by atoms with Crippen molar-refractivity contribution in [1.29, 1.82) is 0 Å². The van der Waals surface area contributed by atoms with Gasteiger partial charge in [-0.2, -0.15) is 0 Å². The number of hydrogen-bond acceptors (Lipinski definition) is 5. The lowest BCUT2D eigenvalue weighted by Crippen LogP contribution is -2.30. The zero-order valence-electron chi connectivity index (χ0n) is 12.9. The smallest absolute Gasteiger partial charge is 0.265 e. The van der Waals surface area contributed by atoms with Gasteiger partial charge in [0.25, 0.3) is 5.91 Å². The Morgan fingerprint density at radius 1 is 1.13 bits per heavy atom. The normalized spacial score (nSPS) is 10.4. The molecule has 2 amide bonds. The molecule has 6 nitrogen and oxygen atoms in total. The highest BCUT2D eigenvalue weighted by Crippen LogP contribution is 2.24. The Morgan fingerprint density at radius 3 is 2.57 bits per heavy atom. The second kappa shape index (κ2) is 7.87. The monoisotopic (exact) mass is 332 g/mol. The summed E-state index contributed by atoms with van der Waals surface area (Å²) in [6.45, 7) is 1.86. The molecule has 0 saturated carbocycles. The molecule has 2 rings (SSSR count). The maximum Gasteiger partial charge on any atom is 0.265 e. The van der Waals surface area contributed by atoms with Gasteiger partial charge in [-0.3, -0.25) is 15.0 Å². The van der Waals surface area contributed by atoms with E-state index in [0.717, 1.165) is 29.0 Å². The van der Waals surface area contributed by atoms with Crippen LogP contribution in [0.4, 0.5) is 5.00 Å². The van der Waals surface area contributed by atoms with Crippen LogP contribution in [0.25, 0.3) is 0 Å². The minimum Gasteiger partial charge on any atom is -0.326 e. The number of amides is 2. The number of hydrazine groups is 1. The Hall–Kier alpha value is -2.22. The minimum absolute atomic E-state index is 0.0717. The second-order valence-corrected chi connectivity index (χ2v) is 6.28. The first kappa shape index (κ1) is 17.1. The van der Waals surface area contributed by atoms with Gasteiger partial charge in [0.15, 0.2) is 0 Å². The molecule has 122 valence electrons. The number of rotatable bonds is 6. The van der Waals surface area contributed by atoms with Crippen LogP contribution in [0.2, 0.25) is 0 Å². The van der Waals surface area contributed by atoms with Gasteiger partial charge < -0.3 is 11.1 Å². The number of anilines is 1. The predicted molar refractivity (Wildman–Crippen MR) is 92.0 cm³/mol. The van der Waals surface area contributed by atoms with Crippen LogP contribution in [0.15, 0.2) is 30.3 Å². The topological polar surface area (TPSA) is 110 Å². The van der Waals surface area contributed by atoms with Crippen LogP contribution >= 0.6 is 11.3 Å². The van der Waals surface area contributed by atoms with Crippen LogP contribution in [0.5, 0.6) is 0 Å².